The van der Waals surface area contributed by atoms with E-state index in [-0.39, 0.29) is 6.42 Å². The van der Waals surface area contributed by atoms with Gasteiger partial charge in [0.15, 0.2) is 17.3 Å². The van der Waals surface area contributed by atoms with E-state index in [0.717, 1.165) is 37.8 Å². The summed E-state index contributed by atoms with van der Waals surface area (Å²) in [7, 11) is 0. The molecule has 0 radical (unpaired) electrons. The molecule has 0 saturated heterocycles. The first-order chi connectivity index (χ1) is 12.7. The number of halogens is 4. The van der Waals surface area contributed by atoms with Crippen molar-refractivity contribution in [1.82, 2.24) is 0 Å². The Balaban J connectivity index is 2.20. The molecule has 1 aromatic rings. The number of alkyl halides is 3. The molecule has 0 atom stereocenters. The lowest BCUT2D eigenvalue weighted by atomic mass is 9.80. The molecule has 0 amide bonds. The number of ketones is 1. The molecule has 2 rings (SSSR count). The molecule has 27 heavy (non-hydrogen) atoms. The summed E-state index contributed by atoms with van der Waals surface area (Å²) in [6, 6.07) is 1.80. The van der Waals surface area contributed by atoms with Crippen LogP contribution in [-0.2, 0) is 11.0 Å². The van der Waals surface area contributed by atoms with E-state index in [4.69, 9.17) is 4.74 Å². The number of carbonyl (C=O) groups excluding carboxylic acids is 2. The summed E-state index contributed by atoms with van der Waals surface area (Å²) in [5.41, 5.74) is -2.42. The van der Waals surface area contributed by atoms with Gasteiger partial charge in [0.05, 0.1) is 5.92 Å². The van der Waals surface area contributed by atoms with Crippen LogP contribution in [-0.4, -0.2) is 11.8 Å². The quantitative estimate of drug-likeness (QED) is 0.262. The molecular weight excluding hydrogens is 364 g/mol. The van der Waals surface area contributed by atoms with Gasteiger partial charge in [-0.1, -0.05) is 26.7 Å². The van der Waals surface area contributed by atoms with E-state index >= 15 is 0 Å². The maximum atomic E-state index is 14.5. The lowest BCUT2D eigenvalue weighted by Gasteiger charge is -2.27. The van der Waals surface area contributed by atoms with Gasteiger partial charge in [0, 0.05) is 12.0 Å². The van der Waals surface area contributed by atoms with Crippen molar-refractivity contribution in [2.45, 2.75) is 65.0 Å². The third-order valence-electron chi connectivity index (χ3n) is 5.10. The normalized spacial score (nSPS) is 20.4. The minimum absolute atomic E-state index is 0.192. The van der Waals surface area contributed by atoms with Crippen molar-refractivity contribution in [2.75, 3.05) is 0 Å². The Morgan fingerprint density at radius 2 is 1.74 bits per heavy atom. The first-order valence-corrected chi connectivity index (χ1v) is 9.33. The van der Waals surface area contributed by atoms with Gasteiger partial charge in [0.2, 0.25) is 0 Å². The third-order valence-corrected chi connectivity index (χ3v) is 5.10. The molecule has 0 heterocycles. The number of hydrogen-bond donors (Lipinski definition) is 0. The van der Waals surface area contributed by atoms with Crippen molar-refractivity contribution in [2.24, 2.45) is 11.8 Å². The van der Waals surface area contributed by atoms with E-state index in [1.165, 1.54) is 6.92 Å². The van der Waals surface area contributed by atoms with Gasteiger partial charge in [-0.25, -0.2) is 4.39 Å². The minimum Gasteiger partial charge on any atom is -0.423 e. The van der Waals surface area contributed by atoms with E-state index in [2.05, 4.69) is 6.92 Å². The van der Waals surface area contributed by atoms with Gasteiger partial charge in [-0.3, -0.25) is 9.59 Å². The van der Waals surface area contributed by atoms with Gasteiger partial charge in [-0.15, -0.1) is 0 Å². The van der Waals surface area contributed by atoms with Gasteiger partial charge in [0.25, 0.3) is 0 Å². The SMILES string of the molecule is CCCC1CCC(C(=O)Oc2ccc(C(=O)CC)c(C(F)(F)F)c2F)CC1. The first-order valence-electron chi connectivity index (χ1n) is 9.33. The van der Waals surface area contributed by atoms with Crippen LogP contribution in [0.5, 0.6) is 5.75 Å². The van der Waals surface area contributed by atoms with Crippen molar-refractivity contribution >= 4 is 11.8 Å². The summed E-state index contributed by atoms with van der Waals surface area (Å²) in [5, 5.41) is 0. The monoisotopic (exact) mass is 388 g/mol. The summed E-state index contributed by atoms with van der Waals surface area (Å²) >= 11 is 0. The average molecular weight is 388 g/mol. The Morgan fingerprint density at radius 1 is 1.11 bits per heavy atom. The molecule has 1 fully saturated rings. The molecule has 0 unspecified atom stereocenters. The fourth-order valence-electron chi connectivity index (χ4n) is 3.62. The van der Waals surface area contributed by atoms with Gasteiger partial charge in [-0.05, 0) is 43.7 Å². The minimum atomic E-state index is -5.06. The fraction of sp³-hybridized carbons (Fsp3) is 0.600. The second-order valence-electron chi connectivity index (χ2n) is 7.00. The zero-order chi connectivity index (χ0) is 20.2. The van der Waals surface area contributed by atoms with Crippen molar-refractivity contribution < 1.29 is 31.9 Å². The van der Waals surface area contributed by atoms with Gasteiger partial charge in [-0.2, -0.15) is 13.2 Å². The Hall–Kier alpha value is -1.92. The standard InChI is InChI=1S/C20H24F4O3/c1-3-5-12-6-8-13(9-7-12)19(26)27-16-11-10-14(15(25)4-2)17(18(16)21)20(22,23)24/h10-13H,3-9H2,1-2H3. The molecular formula is C20H24F4O3. The number of Topliss-reactive ketones (excluding diaryl/α,β-unsaturated/α-hetero) is 1. The van der Waals surface area contributed by atoms with E-state index in [1.807, 2.05) is 0 Å². The number of carbonyl (C=O) groups is 2. The van der Waals surface area contributed by atoms with Crippen LogP contribution in [0, 0.1) is 17.7 Å². The summed E-state index contributed by atoms with van der Waals surface area (Å²) in [6.45, 7) is 3.48. The number of esters is 1. The predicted octanol–water partition coefficient (Wildman–Crippen LogP) is 5.95. The van der Waals surface area contributed by atoms with Crippen molar-refractivity contribution in [3.05, 3.63) is 29.1 Å². The Bertz CT molecular complexity index is 689. The third kappa shape index (κ3) is 5.08. The number of rotatable bonds is 6. The maximum Gasteiger partial charge on any atom is 0.420 e. The van der Waals surface area contributed by atoms with E-state index in [0.29, 0.717) is 18.8 Å². The molecule has 7 heteroatoms. The largest absolute Gasteiger partial charge is 0.423 e. The maximum absolute atomic E-state index is 14.5. The van der Waals surface area contributed by atoms with E-state index < -0.39 is 46.5 Å². The Morgan fingerprint density at radius 3 is 2.26 bits per heavy atom. The highest BCUT2D eigenvalue weighted by Crippen LogP contribution is 2.39. The topological polar surface area (TPSA) is 43.4 Å². The van der Waals surface area contributed by atoms with Crippen LogP contribution >= 0.6 is 0 Å². The van der Waals surface area contributed by atoms with Crippen LogP contribution < -0.4 is 4.74 Å². The predicted molar refractivity (Wildman–Crippen MR) is 92.0 cm³/mol. The Kier molecular flexibility index (Phi) is 7.00. The molecule has 0 aromatic heterocycles. The summed E-state index contributed by atoms with van der Waals surface area (Å²) in [4.78, 5) is 24.0. The van der Waals surface area contributed by atoms with Crippen LogP contribution in [0.1, 0.15) is 74.7 Å². The van der Waals surface area contributed by atoms with Crippen LogP contribution in [0.4, 0.5) is 17.6 Å². The summed E-state index contributed by atoms with van der Waals surface area (Å²) in [6.07, 6.45) is -0.227. The molecule has 0 spiro atoms. The van der Waals surface area contributed by atoms with Gasteiger partial charge < -0.3 is 4.74 Å². The number of hydrogen-bond acceptors (Lipinski definition) is 3. The van der Waals surface area contributed by atoms with Gasteiger partial charge in [0.1, 0.15) is 5.56 Å². The zero-order valence-corrected chi connectivity index (χ0v) is 15.5. The molecule has 1 aliphatic carbocycles. The van der Waals surface area contributed by atoms with E-state index in [1.54, 1.807) is 0 Å². The smallest absolute Gasteiger partial charge is 0.420 e. The van der Waals surface area contributed by atoms with Crippen molar-refractivity contribution in [3.8, 4) is 5.75 Å². The fourth-order valence-corrected chi connectivity index (χ4v) is 3.62. The molecule has 3 nitrogen and oxygen atoms in total. The van der Waals surface area contributed by atoms with Crippen LogP contribution in [0.3, 0.4) is 0 Å². The van der Waals surface area contributed by atoms with Crippen LogP contribution in [0.25, 0.3) is 0 Å². The summed E-state index contributed by atoms with van der Waals surface area (Å²) in [5.74, 6) is -3.93. The lowest BCUT2D eigenvalue weighted by Crippen LogP contribution is -2.26. The highest BCUT2D eigenvalue weighted by molar-refractivity contribution is 5.97. The highest BCUT2D eigenvalue weighted by atomic mass is 19.4. The second kappa shape index (κ2) is 8.85. The number of ether oxygens (including phenoxy) is 1. The Labute approximate surface area is 156 Å². The van der Waals surface area contributed by atoms with Gasteiger partial charge >= 0.3 is 12.1 Å². The first kappa shape index (κ1) is 21.4. The number of benzene rings is 1. The molecule has 0 N–H and O–H groups in total. The second-order valence-corrected chi connectivity index (χ2v) is 7.00. The highest BCUT2D eigenvalue weighted by Gasteiger charge is 2.40. The van der Waals surface area contributed by atoms with Crippen molar-refractivity contribution in [1.29, 1.82) is 0 Å². The molecule has 1 saturated carbocycles. The van der Waals surface area contributed by atoms with Crippen molar-refractivity contribution in [3.63, 3.8) is 0 Å². The molecule has 1 aromatic carbocycles. The van der Waals surface area contributed by atoms with Crippen LogP contribution in [0.15, 0.2) is 12.1 Å². The average Bonchev–Trinajstić information content (AvgIpc) is 2.62. The molecule has 0 bridgehead atoms. The zero-order valence-electron chi connectivity index (χ0n) is 15.5. The molecule has 1 aliphatic rings. The van der Waals surface area contributed by atoms with Crippen LogP contribution in [0.2, 0.25) is 0 Å². The molecule has 150 valence electrons. The molecule has 0 aliphatic heterocycles. The summed E-state index contributed by atoms with van der Waals surface area (Å²) < 4.78 is 59.2. The lowest BCUT2D eigenvalue weighted by molar-refractivity contribution is -0.143. The van der Waals surface area contributed by atoms with E-state index in [9.17, 15) is 27.2 Å².